The Balaban J connectivity index is 1.63. The van der Waals surface area contributed by atoms with Gasteiger partial charge < -0.3 is 4.57 Å². The predicted octanol–water partition coefficient (Wildman–Crippen LogP) is 3.43. The molecule has 1 heterocycles. The molecule has 1 N–H and O–H groups in total. The minimum Gasteiger partial charge on any atom is -0.302 e. The van der Waals surface area contributed by atoms with Gasteiger partial charge in [-0.05, 0) is 43.3 Å². The summed E-state index contributed by atoms with van der Waals surface area (Å²) in [6.07, 6.45) is 1.12. The van der Waals surface area contributed by atoms with E-state index in [0.29, 0.717) is 28.1 Å². The van der Waals surface area contributed by atoms with Crippen LogP contribution in [0.5, 0.6) is 0 Å². The third-order valence-corrected chi connectivity index (χ3v) is 7.36. The highest BCUT2D eigenvalue weighted by molar-refractivity contribution is 8.13. The average Bonchev–Trinajstić information content (AvgIpc) is 3.23. The molecule has 178 valence electrons. The van der Waals surface area contributed by atoms with Crippen LogP contribution in [0.1, 0.15) is 12.5 Å². The van der Waals surface area contributed by atoms with Gasteiger partial charge in [0, 0.05) is 42.6 Å². The van der Waals surface area contributed by atoms with E-state index in [0.717, 1.165) is 23.8 Å². The molecule has 34 heavy (non-hydrogen) atoms. The summed E-state index contributed by atoms with van der Waals surface area (Å²) < 4.78 is 41.0. The number of halogens is 1. The summed E-state index contributed by atoms with van der Waals surface area (Å²) in [4.78, 5) is 12.6. The van der Waals surface area contributed by atoms with Crippen LogP contribution in [-0.4, -0.2) is 52.9 Å². The van der Waals surface area contributed by atoms with E-state index in [1.165, 1.54) is 36.0 Å². The molecule has 3 rings (SSSR count). The van der Waals surface area contributed by atoms with Crippen LogP contribution < -0.4 is 4.72 Å². The second kappa shape index (κ2) is 11.4. The number of carbonyl (C=O) groups excluding carboxylic acids is 1. The van der Waals surface area contributed by atoms with Crippen LogP contribution in [0.3, 0.4) is 0 Å². The third kappa shape index (κ3) is 6.52. The number of aromatic nitrogens is 3. The lowest BCUT2D eigenvalue weighted by Crippen LogP contribution is -2.20. The van der Waals surface area contributed by atoms with Crippen molar-refractivity contribution in [2.75, 3.05) is 12.0 Å². The van der Waals surface area contributed by atoms with E-state index >= 15 is 0 Å². The number of hydrogen-bond acceptors (Lipinski definition) is 9. The SMILES string of the molecule is C=N/N=C(\SNC(=O)CSc1nnc(-c2ccc(F)cc2)n1CC)c1ccc(S(C)(=O)=O)cc1. The van der Waals surface area contributed by atoms with Gasteiger partial charge in [-0.25, -0.2) is 12.8 Å². The number of hydrogen-bond donors (Lipinski definition) is 1. The number of amides is 1. The number of rotatable bonds is 8. The van der Waals surface area contributed by atoms with Crippen LogP contribution in [-0.2, 0) is 21.2 Å². The number of nitrogens with zero attached hydrogens (tertiary/aromatic N) is 5. The van der Waals surface area contributed by atoms with E-state index in [1.807, 2.05) is 11.5 Å². The molecule has 0 saturated heterocycles. The van der Waals surface area contributed by atoms with Gasteiger partial charge in [0.1, 0.15) is 10.9 Å². The largest absolute Gasteiger partial charge is 0.302 e. The molecule has 0 unspecified atom stereocenters. The van der Waals surface area contributed by atoms with Gasteiger partial charge in [0.15, 0.2) is 20.8 Å². The zero-order valence-corrected chi connectivity index (χ0v) is 20.8. The molecule has 1 aromatic heterocycles. The van der Waals surface area contributed by atoms with Gasteiger partial charge in [-0.1, -0.05) is 23.9 Å². The van der Waals surface area contributed by atoms with Crippen molar-refractivity contribution in [1.29, 1.82) is 0 Å². The monoisotopic (exact) mass is 520 g/mol. The molecule has 9 nitrogen and oxygen atoms in total. The predicted molar refractivity (Wildman–Crippen MR) is 133 cm³/mol. The fraction of sp³-hybridized carbons (Fsp3) is 0.190. The highest BCUT2D eigenvalue weighted by Gasteiger charge is 2.16. The maximum atomic E-state index is 13.2. The van der Waals surface area contributed by atoms with E-state index < -0.39 is 9.84 Å². The summed E-state index contributed by atoms with van der Waals surface area (Å²) in [5, 5.41) is 16.7. The zero-order valence-electron chi connectivity index (χ0n) is 18.3. The van der Waals surface area contributed by atoms with E-state index in [1.54, 1.807) is 24.3 Å². The normalized spacial score (nSPS) is 11.9. The average molecular weight is 521 g/mol. The van der Waals surface area contributed by atoms with Crippen LogP contribution >= 0.6 is 23.7 Å². The Hall–Kier alpha value is -3.03. The Morgan fingerprint density at radius 1 is 1.15 bits per heavy atom. The van der Waals surface area contributed by atoms with Gasteiger partial charge >= 0.3 is 0 Å². The molecule has 0 aliphatic carbocycles. The number of benzene rings is 2. The van der Waals surface area contributed by atoms with Gasteiger partial charge in [0.2, 0.25) is 5.91 Å². The molecular weight excluding hydrogens is 499 g/mol. The second-order valence-corrected chi connectivity index (χ2v) is 10.6. The van der Waals surface area contributed by atoms with Gasteiger partial charge in [-0.2, -0.15) is 5.10 Å². The summed E-state index contributed by atoms with van der Waals surface area (Å²) in [6, 6.07) is 12.0. The van der Waals surface area contributed by atoms with Crippen molar-refractivity contribution < 1.29 is 17.6 Å². The fourth-order valence-electron chi connectivity index (χ4n) is 2.80. The van der Waals surface area contributed by atoms with Crippen molar-refractivity contribution in [2.45, 2.75) is 23.5 Å². The van der Waals surface area contributed by atoms with Crippen molar-refractivity contribution in [3.63, 3.8) is 0 Å². The number of thioether (sulfide) groups is 1. The first kappa shape index (κ1) is 25.6. The number of carbonyl (C=O) groups is 1. The maximum Gasteiger partial charge on any atom is 0.240 e. The van der Waals surface area contributed by atoms with Crippen LogP contribution in [0.25, 0.3) is 11.4 Å². The van der Waals surface area contributed by atoms with Crippen molar-refractivity contribution in [3.05, 3.63) is 59.9 Å². The fourth-order valence-corrected chi connectivity index (χ4v) is 4.96. The van der Waals surface area contributed by atoms with Crippen LogP contribution in [0, 0.1) is 5.82 Å². The quantitative estimate of drug-likeness (QED) is 0.159. The Kier molecular flexibility index (Phi) is 8.58. The smallest absolute Gasteiger partial charge is 0.240 e. The molecule has 0 saturated carbocycles. The highest BCUT2D eigenvalue weighted by Crippen LogP contribution is 2.24. The van der Waals surface area contributed by atoms with Crippen molar-refractivity contribution in [2.24, 2.45) is 10.2 Å². The van der Waals surface area contributed by atoms with Gasteiger partial charge in [-0.3, -0.25) is 9.52 Å². The molecule has 0 radical (unpaired) electrons. The summed E-state index contributed by atoms with van der Waals surface area (Å²) in [6.45, 7) is 5.83. The summed E-state index contributed by atoms with van der Waals surface area (Å²) >= 11 is 2.16. The van der Waals surface area contributed by atoms with Gasteiger partial charge in [-0.15, -0.1) is 15.3 Å². The van der Waals surface area contributed by atoms with E-state index in [-0.39, 0.29) is 22.4 Å². The van der Waals surface area contributed by atoms with Crippen molar-refractivity contribution in [1.82, 2.24) is 19.5 Å². The molecule has 0 aliphatic heterocycles. The number of sulfone groups is 1. The molecular formula is C21H21FN6O3S3. The van der Waals surface area contributed by atoms with Crippen LogP contribution in [0.15, 0.2) is 68.8 Å². The summed E-state index contributed by atoms with van der Waals surface area (Å²) in [5.41, 5.74) is 1.30. The molecule has 13 heteroatoms. The Labute approximate surface area is 205 Å². The molecule has 0 bridgehead atoms. The standard InChI is InChI=1S/C21H21FN6O3S3/c1-4-28-19(14-5-9-16(22)10-6-14)24-26-21(28)32-13-18(29)27-33-20(25-23-2)15-7-11-17(12-8-15)34(3,30)31/h5-12H,2,4,13H2,1,3H3,(H,27,29)/b25-20-. The Morgan fingerprint density at radius 3 is 2.41 bits per heavy atom. The maximum absolute atomic E-state index is 13.2. The Bertz CT molecular complexity index is 1310. The first-order chi connectivity index (χ1) is 16.2. The molecule has 3 aromatic rings. The van der Waals surface area contributed by atoms with E-state index in [4.69, 9.17) is 0 Å². The number of nitrogens with one attached hydrogen (secondary N) is 1. The summed E-state index contributed by atoms with van der Waals surface area (Å²) in [7, 11) is -3.33. The van der Waals surface area contributed by atoms with Crippen LogP contribution in [0.4, 0.5) is 4.39 Å². The van der Waals surface area contributed by atoms with Gasteiger partial charge in [0.25, 0.3) is 0 Å². The third-order valence-electron chi connectivity index (χ3n) is 4.42. The lowest BCUT2D eigenvalue weighted by Gasteiger charge is -2.08. The highest BCUT2D eigenvalue weighted by atomic mass is 32.2. The second-order valence-electron chi connectivity index (χ2n) is 6.82. The van der Waals surface area contributed by atoms with Crippen LogP contribution in [0.2, 0.25) is 0 Å². The van der Waals surface area contributed by atoms with Gasteiger partial charge in [0.05, 0.1) is 10.6 Å². The van der Waals surface area contributed by atoms with E-state index in [2.05, 4.69) is 31.8 Å². The molecule has 2 aromatic carbocycles. The minimum atomic E-state index is -3.33. The molecule has 0 spiro atoms. The first-order valence-corrected chi connectivity index (χ1v) is 13.5. The summed E-state index contributed by atoms with van der Waals surface area (Å²) in [5.74, 6) is 0.0180. The van der Waals surface area contributed by atoms with E-state index in [9.17, 15) is 17.6 Å². The lowest BCUT2D eigenvalue weighted by atomic mass is 10.2. The Morgan fingerprint density at radius 2 is 1.82 bits per heavy atom. The minimum absolute atomic E-state index is 0.0658. The molecule has 0 aliphatic rings. The zero-order chi connectivity index (χ0) is 24.7. The molecule has 0 fully saturated rings. The van der Waals surface area contributed by atoms with Crippen molar-refractivity contribution in [3.8, 4) is 11.4 Å². The molecule has 0 atom stereocenters. The molecule has 1 amide bonds. The first-order valence-electron chi connectivity index (χ1n) is 9.84. The topological polar surface area (TPSA) is 119 Å². The lowest BCUT2D eigenvalue weighted by molar-refractivity contribution is -0.116. The van der Waals surface area contributed by atoms with Crippen molar-refractivity contribution >= 4 is 51.2 Å².